The SMILES string of the molecule is Cc1ccnc(NC(=O)CN(C)c2ccc([N+](=O)[O-])cc2S(=O)(=O)N2CCCC2)c1. The van der Waals surface area contributed by atoms with Crippen LogP contribution in [0, 0.1) is 17.0 Å². The number of aryl methyl sites for hydroxylation is 1. The van der Waals surface area contributed by atoms with Crippen LogP contribution < -0.4 is 10.2 Å². The molecule has 1 aromatic heterocycles. The van der Waals surface area contributed by atoms with E-state index in [2.05, 4.69) is 10.3 Å². The van der Waals surface area contributed by atoms with Crippen molar-refractivity contribution in [1.29, 1.82) is 0 Å². The third-order valence-electron chi connectivity index (χ3n) is 4.81. The maximum Gasteiger partial charge on any atom is 0.270 e. The van der Waals surface area contributed by atoms with Gasteiger partial charge < -0.3 is 10.2 Å². The summed E-state index contributed by atoms with van der Waals surface area (Å²) in [5, 5.41) is 13.9. The largest absolute Gasteiger partial charge is 0.364 e. The van der Waals surface area contributed by atoms with Crippen LogP contribution in [0.1, 0.15) is 18.4 Å². The zero-order valence-electron chi connectivity index (χ0n) is 16.7. The highest BCUT2D eigenvalue weighted by Crippen LogP contribution is 2.32. The molecule has 0 unspecified atom stereocenters. The Hall–Kier alpha value is -3.05. The number of rotatable bonds is 7. The molecule has 2 aromatic rings. The van der Waals surface area contributed by atoms with Crippen LogP contribution >= 0.6 is 0 Å². The first-order valence-corrected chi connectivity index (χ1v) is 10.8. The summed E-state index contributed by atoms with van der Waals surface area (Å²) in [6.45, 7) is 2.45. The highest BCUT2D eigenvalue weighted by molar-refractivity contribution is 7.89. The van der Waals surface area contributed by atoms with Crippen LogP contribution in [0.4, 0.5) is 17.2 Å². The average Bonchev–Trinajstić information content (AvgIpc) is 3.23. The fourth-order valence-corrected chi connectivity index (χ4v) is 5.07. The molecule has 0 aliphatic carbocycles. The number of nitrogens with zero attached hydrogens (tertiary/aromatic N) is 4. The van der Waals surface area contributed by atoms with Crippen LogP contribution in [0.2, 0.25) is 0 Å². The van der Waals surface area contributed by atoms with Gasteiger partial charge in [0.05, 0.1) is 17.2 Å². The van der Waals surface area contributed by atoms with E-state index in [1.54, 1.807) is 25.4 Å². The number of nitro groups is 1. The lowest BCUT2D eigenvalue weighted by atomic mass is 10.2. The number of likely N-dealkylation sites (N-methyl/N-ethyl adjacent to an activating group) is 1. The van der Waals surface area contributed by atoms with Crippen LogP contribution in [-0.4, -0.2) is 55.2 Å². The van der Waals surface area contributed by atoms with Crippen LogP contribution in [0.3, 0.4) is 0 Å². The summed E-state index contributed by atoms with van der Waals surface area (Å²) in [6, 6.07) is 7.16. The van der Waals surface area contributed by atoms with Crippen molar-refractivity contribution in [2.75, 3.05) is 36.9 Å². The molecule has 1 fully saturated rings. The maximum absolute atomic E-state index is 13.1. The van der Waals surface area contributed by atoms with Gasteiger partial charge in [0.2, 0.25) is 15.9 Å². The van der Waals surface area contributed by atoms with Crippen molar-refractivity contribution >= 4 is 33.1 Å². The number of amides is 1. The fourth-order valence-electron chi connectivity index (χ4n) is 3.29. The number of hydrogen-bond donors (Lipinski definition) is 1. The molecule has 0 spiro atoms. The number of aromatic nitrogens is 1. The summed E-state index contributed by atoms with van der Waals surface area (Å²) >= 11 is 0. The highest BCUT2D eigenvalue weighted by atomic mass is 32.2. The standard InChI is InChI=1S/C19H23N5O5S/c1-14-7-8-20-18(11-14)21-19(25)13-22(2)16-6-5-15(24(26)27)12-17(16)30(28,29)23-9-3-4-10-23/h5-8,11-12H,3-4,9-10,13H2,1-2H3,(H,20,21,25). The second-order valence-corrected chi connectivity index (χ2v) is 9.05. The zero-order chi connectivity index (χ0) is 21.9. The molecule has 0 atom stereocenters. The van der Waals surface area contributed by atoms with Crippen molar-refractivity contribution in [3.8, 4) is 0 Å². The third-order valence-corrected chi connectivity index (χ3v) is 6.74. The predicted octanol–water partition coefficient (Wildman–Crippen LogP) is 2.16. The van der Waals surface area contributed by atoms with Crippen molar-refractivity contribution < 1.29 is 18.1 Å². The van der Waals surface area contributed by atoms with Gasteiger partial charge in [-0.1, -0.05) is 0 Å². The number of anilines is 2. The number of carbonyl (C=O) groups is 1. The highest BCUT2D eigenvalue weighted by Gasteiger charge is 2.32. The van der Waals surface area contributed by atoms with E-state index in [9.17, 15) is 23.3 Å². The minimum atomic E-state index is -3.93. The van der Waals surface area contributed by atoms with Crippen molar-refractivity contribution in [2.24, 2.45) is 0 Å². The van der Waals surface area contributed by atoms with Crippen LogP contribution in [0.5, 0.6) is 0 Å². The molecule has 3 rings (SSSR count). The summed E-state index contributed by atoms with van der Waals surface area (Å²) in [5.41, 5.74) is 0.834. The summed E-state index contributed by atoms with van der Waals surface area (Å²) in [6.07, 6.45) is 3.06. The van der Waals surface area contributed by atoms with E-state index >= 15 is 0 Å². The number of sulfonamides is 1. The molecule has 0 radical (unpaired) electrons. The molecule has 1 aliphatic rings. The summed E-state index contributed by atoms with van der Waals surface area (Å²) in [7, 11) is -2.36. The Bertz CT molecular complexity index is 1070. The molecule has 2 heterocycles. The summed E-state index contributed by atoms with van der Waals surface area (Å²) in [4.78, 5) is 28.4. The molecule has 1 amide bonds. The van der Waals surface area contributed by atoms with E-state index in [4.69, 9.17) is 0 Å². The van der Waals surface area contributed by atoms with E-state index in [1.165, 1.54) is 21.3 Å². The van der Waals surface area contributed by atoms with Crippen molar-refractivity contribution in [3.05, 3.63) is 52.2 Å². The van der Waals surface area contributed by atoms with Gasteiger partial charge in [0, 0.05) is 38.5 Å². The molecule has 1 saturated heterocycles. The Morgan fingerprint density at radius 3 is 2.60 bits per heavy atom. The molecule has 10 nitrogen and oxygen atoms in total. The van der Waals surface area contributed by atoms with E-state index in [-0.39, 0.29) is 22.8 Å². The lowest BCUT2D eigenvalue weighted by Gasteiger charge is -2.24. The Morgan fingerprint density at radius 2 is 1.97 bits per heavy atom. The van der Waals surface area contributed by atoms with Crippen molar-refractivity contribution in [1.82, 2.24) is 9.29 Å². The normalized spacial score (nSPS) is 14.5. The molecule has 1 aliphatic heterocycles. The van der Waals surface area contributed by atoms with E-state index < -0.39 is 20.9 Å². The van der Waals surface area contributed by atoms with E-state index in [1.807, 2.05) is 6.92 Å². The number of hydrogen-bond acceptors (Lipinski definition) is 7. The van der Waals surface area contributed by atoms with Gasteiger partial charge in [0.15, 0.2) is 0 Å². The Kier molecular flexibility index (Phi) is 6.32. The molecular weight excluding hydrogens is 410 g/mol. The lowest BCUT2D eigenvalue weighted by Crippen LogP contribution is -2.33. The Morgan fingerprint density at radius 1 is 1.27 bits per heavy atom. The Labute approximate surface area is 174 Å². The van der Waals surface area contributed by atoms with E-state index in [0.29, 0.717) is 18.9 Å². The number of carbonyl (C=O) groups excluding carboxylic acids is 1. The minimum absolute atomic E-state index is 0.157. The first-order chi connectivity index (χ1) is 14.2. The van der Waals surface area contributed by atoms with Crippen LogP contribution in [-0.2, 0) is 14.8 Å². The smallest absolute Gasteiger partial charge is 0.270 e. The number of nitrogens with one attached hydrogen (secondary N) is 1. The molecule has 0 bridgehead atoms. The molecule has 1 aromatic carbocycles. The zero-order valence-corrected chi connectivity index (χ0v) is 17.6. The van der Waals surface area contributed by atoms with Gasteiger partial charge in [-0.25, -0.2) is 13.4 Å². The van der Waals surface area contributed by atoms with E-state index in [0.717, 1.165) is 24.5 Å². The number of non-ortho nitro benzene ring substituents is 1. The topological polar surface area (TPSA) is 126 Å². The number of pyridine rings is 1. The van der Waals surface area contributed by atoms with Gasteiger partial charge in [-0.05, 0) is 43.5 Å². The van der Waals surface area contributed by atoms with Gasteiger partial charge in [-0.15, -0.1) is 0 Å². The van der Waals surface area contributed by atoms with Gasteiger partial charge in [-0.2, -0.15) is 4.31 Å². The quantitative estimate of drug-likeness (QED) is 0.524. The lowest BCUT2D eigenvalue weighted by molar-refractivity contribution is -0.385. The second kappa shape index (κ2) is 8.76. The van der Waals surface area contributed by atoms with Crippen LogP contribution in [0.15, 0.2) is 41.4 Å². The third kappa shape index (κ3) is 4.74. The summed E-state index contributed by atoms with van der Waals surface area (Å²) in [5.74, 6) is 0.000449. The second-order valence-electron chi connectivity index (χ2n) is 7.14. The number of nitro benzene ring substituents is 1. The van der Waals surface area contributed by atoms with Crippen LogP contribution in [0.25, 0.3) is 0 Å². The molecule has 160 valence electrons. The molecule has 11 heteroatoms. The molecule has 0 saturated carbocycles. The molecule has 30 heavy (non-hydrogen) atoms. The van der Waals surface area contributed by atoms with Gasteiger partial charge >= 0.3 is 0 Å². The molecular formula is C19H23N5O5S. The van der Waals surface area contributed by atoms with Gasteiger partial charge in [0.25, 0.3) is 5.69 Å². The van der Waals surface area contributed by atoms with Gasteiger partial charge in [-0.3, -0.25) is 14.9 Å². The fraction of sp³-hybridized carbons (Fsp3) is 0.368. The van der Waals surface area contributed by atoms with Crippen molar-refractivity contribution in [3.63, 3.8) is 0 Å². The summed E-state index contributed by atoms with van der Waals surface area (Å²) < 4.78 is 27.5. The van der Waals surface area contributed by atoms with Crippen molar-refractivity contribution in [2.45, 2.75) is 24.7 Å². The van der Waals surface area contributed by atoms with Gasteiger partial charge in [0.1, 0.15) is 10.7 Å². The minimum Gasteiger partial charge on any atom is -0.364 e. The molecule has 1 N–H and O–H groups in total. The monoisotopic (exact) mass is 433 g/mol. The number of benzene rings is 1. The first-order valence-electron chi connectivity index (χ1n) is 9.41. The Balaban J connectivity index is 1.88. The first kappa shape index (κ1) is 21.7. The average molecular weight is 433 g/mol. The predicted molar refractivity (Wildman–Crippen MR) is 112 cm³/mol. The maximum atomic E-state index is 13.1.